The third-order valence-corrected chi connectivity index (χ3v) is 8.67. The number of carbonyl (C=O) groups excluding carboxylic acids is 1. The minimum absolute atomic E-state index is 0.0534. The van der Waals surface area contributed by atoms with E-state index in [0.29, 0.717) is 25.1 Å². The molecule has 4 rings (SSSR count). The van der Waals surface area contributed by atoms with Crippen LogP contribution in [0.15, 0.2) is 52.3 Å². The molecule has 0 aromatic heterocycles. The average molecular weight is 445 g/mol. The fourth-order valence-corrected chi connectivity index (χ4v) is 6.30. The van der Waals surface area contributed by atoms with Gasteiger partial charge in [-0.25, -0.2) is 8.42 Å². The molecule has 5 nitrogen and oxygen atoms in total. The molecule has 0 saturated carbocycles. The maximum Gasteiger partial charge on any atom is 0.255 e. The maximum absolute atomic E-state index is 13.4. The molecule has 1 saturated heterocycles. The number of carbonyl (C=O) groups is 1. The van der Waals surface area contributed by atoms with Gasteiger partial charge in [0.05, 0.1) is 10.5 Å². The molecule has 30 heavy (non-hydrogen) atoms. The number of amides is 1. The lowest BCUT2D eigenvalue weighted by Gasteiger charge is -2.28. The fourth-order valence-electron chi connectivity index (χ4n) is 4.28. The summed E-state index contributed by atoms with van der Waals surface area (Å²) >= 11 is 1.48. The smallest absolute Gasteiger partial charge is 0.255 e. The summed E-state index contributed by atoms with van der Waals surface area (Å²) in [4.78, 5) is 16.2. The Morgan fingerprint density at radius 2 is 1.63 bits per heavy atom. The van der Waals surface area contributed by atoms with Crippen LogP contribution >= 0.6 is 11.8 Å². The van der Waals surface area contributed by atoms with Gasteiger partial charge in [-0.05, 0) is 54.8 Å². The van der Waals surface area contributed by atoms with Gasteiger partial charge in [-0.3, -0.25) is 4.79 Å². The van der Waals surface area contributed by atoms with Crippen LogP contribution < -0.4 is 0 Å². The summed E-state index contributed by atoms with van der Waals surface area (Å²) in [5, 5.41) is 0. The van der Waals surface area contributed by atoms with Crippen molar-refractivity contribution in [2.75, 3.05) is 25.9 Å². The van der Waals surface area contributed by atoms with E-state index in [4.69, 9.17) is 0 Å². The molecule has 0 N–H and O–H groups in total. The zero-order valence-corrected chi connectivity index (χ0v) is 19.0. The van der Waals surface area contributed by atoms with Crippen LogP contribution in [0.25, 0.3) is 0 Å². The van der Waals surface area contributed by atoms with Crippen molar-refractivity contribution < 1.29 is 13.2 Å². The van der Waals surface area contributed by atoms with Crippen LogP contribution in [0.5, 0.6) is 0 Å². The summed E-state index contributed by atoms with van der Waals surface area (Å²) in [5.74, 6) is -0.0534. The first kappa shape index (κ1) is 21.4. The number of sulfonamides is 1. The Hall–Kier alpha value is -1.83. The molecule has 2 aromatic carbocycles. The predicted molar refractivity (Wildman–Crippen MR) is 120 cm³/mol. The first-order valence-corrected chi connectivity index (χ1v) is 13.2. The number of thioether (sulfide) groups is 1. The van der Waals surface area contributed by atoms with E-state index in [0.717, 1.165) is 49.2 Å². The van der Waals surface area contributed by atoms with Crippen molar-refractivity contribution in [3.63, 3.8) is 0 Å². The molecule has 0 radical (unpaired) electrons. The molecular weight excluding hydrogens is 416 g/mol. The van der Waals surface area contributed by atoms with Crippen LogP contribution in [0.4, 0.5) is 0 Å². The highest BCUT2D eigenvalue weighted by Crippen LogP contribution is 2.29. The predicted octanol–water partition coefficient (Wildman–Crippen LogP) is 4.17. The highest BCUT2D eigenvalue weighted by molar-refractivity contribution is 7.98. The Kier molecular flexibility index (Phi) is 6.51. The molecule has 0 aliphatic carbocycles. The van der Waals surface area contributed by atoms with E-state index in [2.05, 4.69) is 6.07 Å². The van der Waals surface area contributed by atoms with Crippen molar-refractivity contribution in [3.8, 4) is 0 Å². The van der Waals surface area contributed by atoms with Gasteiger partial charge in [-0.15, -0.1) is 11.8 Å². The Morgan fingerprint density at radius 1 is 0.933 bits per heavy atom. The van der Waals surface area contributed by atoms with E-state index in [1.165, 1.54) is 21.6 Å². The number of hydrogen-bond donors (Lipinski definition) is 0. The molecule has 2 heterocycles. The number of nitrogens with zero attached hydrogens (tertiary/aromatic N) is 2. The molecule has 7 heteroatoms. The number of hydrogen-bond acceptors (Lipinski definition) is 4. The van der Waals surface area contributed by atoms with Gasteiger partial charge in [0, 0.05) is 31.1 Å². The molecule has 0 bridgehead atoms. The minimum Gasteiger partial charge on any atom is -0.339 e. The second-order valence-corrected chi connectivity index (χ2v) is 10.7. The summed E-state index contributed by atoms with van der Waals surface area (Å²) in [7, 11) is -3.67. The highest BCUT2D eigenvalue weighted by atomic mass is 32.2. The van der Waals surface area contributed by atoms with E-state index < -0.39 is 10.0 Å². The van der Waals surface area contributed by atoms with Gasteiger partial charge in [0.15, 0.2) is 0 Å². The van der Waals surface area contributed by atoms with Crippen molar-refractivity contribution in [1.29, 1.82) is 0 Å². The molecule has 1 amide bonds. The largest absolute Gasteiger partial charge is 0.339 e. The Morgan fingerprint density at radius 3 is 2.33 bits per heavy atom. The summed E-state index contributed by atoms with van der Waals surface area (Å²) in [6.07, 6.45) is 6.92. The zero-order valence-electron chi connectivity index (χ0n) is 17.3. The second-order valence-electron chi connectivity index (χ2n) is 7.93. The van der Waals surface area contributed by atoms with Gasteiger partial charge in [0.1, 0.15) is 0 Å². The van der Waals surface area contributed by atoms with E-state index in [1.54, 1.807) is 18.2 Å². The first-order chi connectivity index (χ1) is 14.5. The Balaban J connectivity index is 1.64. The number of rotatable bonds is 4. The molecule has 0 spiro atoms. The van der Waals surface area contributed by atoms with Crippen LogP contribution in [0, 0.1) is 0 Å². The first-order valence-electron chi connectivity index (χ1n) is 10.5. The standard InChI is InChI=1S/C23H28N2O3S2/c1-29-22-11-10-20(16-21(22)23(26)24-13-6-2-3-7-14-24)30(27,28)25-15-12-18-8-4-5-9-19(18)17-25/h4-5,8-11,16H,2-3,6-7,12-15,17H2,1H3. The van der Waals surface area contributed by atoms with Crippen LogP contribution in [0.3, 0.4) is 0 Å². The van der Waals surface area contributed by atoms with Gasteiger partial charge in [0.25, 0.3) is 5.91 Å². The highest BCUT2D eigenvalue weighted by Gasteiger charge is 2.30. The molecule has 1 fully saturated rings. The number of benzene rings is 2. The Labute approximate surface area is 183 Å². The third kappa shape index (κ3) is 4.29. The lowest BCUT2D eigenvalue weighted by molar-refractivity contribution is 0.0758. The van der Waals surface area contributed by atoms with E-state index >= 15 is 0 Å². The van der Waals surface area contributed by atoms with Crippen molar-refractivity contribution in [2.24, 2.45) is 0 Å². The normalized spacial score (nSPS) is 18.0. The van der Waals surface area contributed by atoms with Crippen LogP contribution in [-0.2, 0) is 23.0 Å². The topological polar surface area (TPSA) is 57.7 Å². The second kappa shape index (κ2) is 9.12. The van der Waals surface area contributed by atoms with Crippen molar-refractivity contribution in [1.82, 2.24) is 9.21 Å². The van der Waals surface area contributed by atoms with E-state index in [-0.39, 0.29) is 10.8 Å². The molecule has 2 aliphatic heterocycles. The minimum atomic E-state index is -3.67. The SMILES string of the molecule is CSc1ccc(S(=O)(=O)N2CCc3ccccc3C2)cc1C(=O)N1CCCCCC1. The monoisotopic (exact) mass is 444 g/mol. The third-order valence-electron chi connectivity index (χ3n) is 6.03. The van der Waals surface area contributed by atoms with Gasteiger partial charge >= 0.3 is 0 Å². The quantitative estimate of drug-likeness (QED) is 0.664. The van der Waals surface area contributed by atoms with E-state index in [1.807, 2.05) is 29.4 Å². The molecule has 0 unspecified atom stereocenters. The number of fused-ring (bicyclic) bond motifs is 1. The van der Waals surface area contributed by atoms with Gasteiger partial charge in [-0.1, -0.05) is 37.1 Å². The van der Waals surface area contributed by atoms with Gasteiger partial charge in [-0.2, -0.15) is 4.31 Å². The summed E-state index contributed by atoms with van der Waals surface area (Å²) in [6.45, 7) is 2.32. The van der Waals surface area contributed by atoms with Gasteiger partial charge in [0.2, 0.25) is 10.0 Å². The maximum atomic E-state index is 13.4. The van der Waals surface area contributed by atoms with Crippen molar-refractivity contribution >= 4 is 27.7 Å². The average Bonchev–Trinajstić information content (AvgIpc) is 3.07. The van der Waals surface area contributed by atoms with Crippen LogP contribution in [0.2, 0.25) is 0 Å². The lowest BCUT2D eigenvalue weighted by atomic mass is 10.0. The van der Waals surface area contributed by atoms with Crippen molar-refractivity contribution in [2.45, 2.75) is 48.4 Å². The molecule has 2 aliphatic rings. The van der Waals surface area contributed by atoms with Gasteiger partial charge < -0.3 is 4.90 Å². The summed E-state index contributed by atoms with van der Waals surface area (Å²) in [5.41, 5.74) is 2.76. The summed E-state index contributed by atoms with van der Waals surface area (Å²) in [6, 6.07) is 13.0. The molecular formula is C23H28N2O3S2. The fraction of sp³-hybridized carbons (Fsp3) is 0.435. The lowest BCUT2D eigenvalue weighted by Crippen LogP contribution is -2.36. The Bertz CT molecular complexity index is 1030. The molecule has 0 atom stereocenters. The van der Waals surface area contributed by atoms with Crippen LogP contribution in [-0.4, -0.2) is 49.4 Å². The van der Waals surface area contributed by atoms with Crippen LogP contribution in [0.1, 0.15) is 47.2 Å². The number of likely N-dealkylation sites (tertiary alicyclic amines) is 1. The van der Waals surface area contributed by atoms with Crippen molar-refractivity contribution in [3.05, 3.63) is 59.2 Å². The zero-order chi connectivity index (χ0) is 21.1. The van der Waals surface area contributed by atoms with E-state index in [9.17, 15) is 13.2 Å². The molecule has 160 valence electrons. The molecule has 2 aromatic rings. The summed E-state index contributed by atoms with van der Waals surface area (Å²) < 4.78 is 28.3.